The van der Waals surface area contributed by atoms with Crippen molar-refractivity contribution < 1.29 is 83.4 Å². The Balaban J connectivity index is 1.43. The number of amides is 5. The standard InChI is InChI=1S/C39H51N11O18/c40-39-49-31-30(33(58)50-39)43-19(16-42-31)15-41-18-3-1-17(2-4-18)32(57)48-24(38(67)68)8-13-28(54)46-22(36(63)64)6-11-26(52)44-20(34(59)60)5-10-25(51)45-21(35(61)62)7-12-27(53)47-23(37(65)66)9-14-29(55)56/h1-4,19-24,41,43H,5-16H2,(H,44,52)(H,45,51)(H,46,54)(H,47,53)(H,48,57)(H,55,56)(H,59,60)(H,61,62)(H,63,64)(H,65,66)(H,67,68)(H4,40,42,49,50,58). The van der Waals surface area contributed by atoms with Gasteiger partial charge in [-0.3, -0.25) is 38.5 Å². The number of nitrogen functional groups attached to an aromatic ring is 1. The van der Waals surface area contributed by atoms with E-state index in [1.165, 1.54) is 12.1 Å². The predicted molar refractivity (Wildman–Crippen MR) is 231 cm³/mol. The number of carbonyl (C=O) groups is 11. The normalized spacial score (nSPS) is 14.8. The van der Waals surface area contributed by atoms with Gasteiger partial charge in [-0.2, -0.15) is 4.98 Å². The molecule has 1 aliphatic rings. The second-order valence-corrected chi connectivity index (χ2v) is 15.1. The van der Waals surface area contributed by atoms with Crippen LogP contribution in [-0.4, -0.2) is 155 Å². The molecular formula is C39H51N11O18. The number of aromatic nitrogens is 2. The summed E-state index contributed by atoms with van der Waals surface area (Å²) >= 11 is 0. The Bertz CT molecular complexity index is 2290. The van der Waals surface area contributed by atoms with Gasteiger partial charge in [0.15, 0.2) is 5.82 Å². The van der Waals surface area contributed by atoms with Gasteiger partial charge >= 0.3 is 35.8 Å². The van der Waals surface area contributed by atoms with Gasteiger partial charge in [-0.1, -0.05) is 0 Å². The first-order valence-corrected chi connectivity index (χ1v) is 20.6. The third-order valence-corrected chi connectivity index (χ3v) is 9.93. The van der Waals surface area contributed by atoms with Gasteiger partial charge in [0, 0.05) is 56.4 Å². The summed E-state index contributed by atoms with van der Waals surface area (Å²) in [6.07, 6.45) is -5.71. The van der Waals surface area contributed by atoms with Crippen LogP contribution in [0.3, 0.4) is 0 Å². The molecule has 17 N–H and O–H groups in total. The molecule has 29 nitrogen and oxygen atoms in total. The number of nitrogens with zero attached hydrogens (tertiary/aromatic N) is 1. The molecular weight excluding hydrogens is 910 g/mol. The monoisotopic (exact) mass is 961 g/mol. The number of carbonyl (C=O) groups excluding carboxylic acids is 5. The maximum atomic E-state index is 12.9. The largest absolute Gasteiger partial charge is 0.481 e. The van der Waals surface area contributed by atoms with E-state index in [0.717, 1.165) is 0 Å². The maximum Gasteiger partial charge on any atom is 0.326 e. The van der Waals surface area contributed by atoms with Crippen LogP contribution in [0.15, 0.2) is 29.1 Å². The number of anilines is 4. The summed E-state index contributed by atoms with van der Waals surface area (Å²) in [7, 11) is 0. The number of hydrogen-bond donors (Lipinski definition) is 16. The van der Waals surface area contributed by atoms with Crippen LogP contribution in [0.5, 0.6) is 0 Å². The molecule has 0 spiro atoms. The number of rotatable bonds is 29. The van der Waals surface area contributed by atoms with Crippen LogP contribution in [0, 0.1) is 0 Å². The molecule has 1 aliphatic heterocycles. The number of benzene rings is 1. The molecule has 0 radical (unpaired) electrons. The molecule has 6 unspecified atom stereocenters. The number of aromatic amines is 1. The van der Waals surface area contributed by atoms with Crippen molar-refractivity contribution in [3.8, 4) is 0 Å². The number of hydrogen-bond acceptors (Lipinski definition) is 17. The Hall–Kier alpha value is -8.53. The highest BCUT2D eigenvalue weighted by Crippen LogP contribution is 2.20. The third kappa shape index (κ3) is 18.2. The Morgan fingerprint density at radius 2 is 0.971 bits per heavy atom. The lowest BCUT2D eigenvalue weighted by atomic mass is 10.1. The molecule has 5 amide bonds. The van der Waals surface area contributed by atoms with Gasteiger partial charge in [0.1, 0.15) is 35.9 Å². The van der Waals surface area contributed by atoms with Crippen LogP contribution in [0.2, 0.25) is 0 Å². The molecule has 1 aromatic carbocycles. The number of aliphatic carboxylic acids is 6. The van der Waals surface area contributed by atoms with Crippen LogP contribution in [0.1, 0.15) is 74.6 Å². The van der Waals surface area contributed by atoms with Crippen LogP contribution in [-0.2, 0) is 47.9 Å². The summed E-state index contributed by atoms with van der Waals surface area (Å²) in [5, 5.41) is 76.2. The van der Waals surface area contributed by atoms with E-state index in [-0.39, 0.29) is 23.2 Å². The van der Waals surface area contributed by atoms with E-state index in [4.69, 9.17) is 10.8 Å². The Morgan fingerprint density at radius 1 is 0.588 bits per heavy atom. The molecule has 29 heteroatoms. The zero-order valence-corrected chi connectivity index (χ0v) is 35.9. The first kappa shape index (κ1) is 53.8. The molecule has 0 saturated carbocycles. The van der Waals surface area contributed by atoms with E-state index in [0.29, 0.717) is 24.6 Å². The molecule has 0 saturated heterocycles. The molecule has 0 fully saturated rings. The van der Waals surface area contributed by atoms with Gasteiger partial charge in [0.25, 0.3) is 11.5 Å². The molecule has 2 aromatic rings. The van der Waals surface area contributed by atoms with Crippen molar-refractivity contribution in [3.05, 3.63) is 40.2 Å². The lowest BCUT2D eigenvalue weighted by Crippen LogP contribution is -2.46. The predicted octanol–water partition coefficient (Wildman–Crippen LogP) is -2.88. The fraction of sp³-hybridized carbons (Fsp3) is 0.462. The van der Waals surface area contributed by atoms with E-state index >= 15 is 0 Å². The number of nitrogens with two attached hydrogens (primary N) is 1. The number of fused-ring (bicyclic) bond motifs is 1. The van der Waals surface area contributed by atoms with Crippen LogP contribution in [0.25, 0.3) is 0 Å². The van der Waals surface area contributed by atoms with Crippen molar-refractivity contribution in [1.29, 1.82) is 0 Å². The zero-order chi connectivity index (χ0) is 50.7. The summed E-state index contributed by atoms with van der Waals surface area (Å²) in [5.41, 5.74) is 5.99. The lowest BCUT2D eigenvalue weighted by molar-refractivity contribution is -0.144. The number of H-pyrrole nitrogens is 1. The quantitative estimate of drug-likeness (QED) is 0.0389. The SMILES string of the molecule is Nc1nc2c(c(=O)[nH]1)NC(CNc1ccc(C(=O)NC(CCC(=O)NC(CCC(=O)NC(CCC(=O)NC(CCC(=O)NC(CCC(=O)O)C(=O)O)C(=O)O)C(=O)O)C(=O)O)C(=O)O)cc1)CN2. The second kappa shape index (κ2) is 25.8. The van der Waals surface area contributed by atoms with Crippen molar-refractivity contribution >= 4 is 88.5 Å². The number of nitrogens with one attached hydrogen (secondary N) is 9. The molecule has 0 bridgehead atoms. The zero-order valence-electron chi connectivity index (χ0n) is 35.9. The minimum atomic E-state index is -1.73. The average molecular weight is 962 g/mol. The van der Waals surface area contributed by atoms with Crippen LogP contribution in [0.4, 0.5) is 23.1 Å². The van der Waals surface area contributed by atoms with Gasteiger partial charge in [-0.15, -0.1) is 0 Å². The third-order valence-electron chi connectivity index (χ3n) is 9.93. The van der Waals surface area contributed by atoms with Gasteiger partial charge in [-0.05, 0) is 56.4 Å². The second-order valence-electron chi connectivity index (χ2n) is 15.1. The first-order valence-electron chi connectivity index (χ1n) is 20.6. The number of carboxylic acid groups (broad SMARTS) is 6. The van der Waals surface area contributed by atoms with Crippen molar-refractivity contribution in [1.82, 2.24) is 36.6 Å². The smallest absolute Gasteiger partial charge is 0.326 e. The van der Waals surface area contributed by atoms with Crippen molar-refractivity contribution in [2.75, 3.05) is 34.8 Å². The molecule has 0 aliphatic carbocycles. The molecule has 1 aromatic heterocycles. The van der Waals surface area contributed by atoms with E-state index < -0.39 is 165 Å². The summed E-state index contributed by atoms with van der Waals surface area (Å²) in [6, 6.07) is -2.60. The van der Waals surface area contributed by atoms with Gasteiger partial charge in [0.2, 0.25) is 29.6 Å². The summed E-state index contributed by atoms with van der Waals surface area (Å²) in [6.45, 7) is 0.743. The van der Waals surface area contributed by atoms with E-state index in [2.05, 4.69) is 47.2 Å². The highest BCUT2D eigenvalue weighted by molar-refractivity contribution is 5.97. The number of carboxylic acids is 6. The van der Waals surface area contributed by atoms with Crippen molar-refractivity contribution in [2.24, 2.45) is 0 Å². The fourth-order valence-electron chi connectivity index (χ4n) is 6.30. The minimum Gasteiger partial charge on any atom is -0.481 e. The van der Waals surface area contributed by atoms with Crippen LogP contribution < -0.4 is 53.8 Å². The molecule has 370 valence electrons. The molecule has 68 heavy (non-hydrogen) atoms. The van der Waals surface area contributed by atoms with Crippen molar-refractivity contribution in [2.45, 2.75) is 100 Å². The van der Waals surface area contributed by atoms with E-state index in [1.54, 1.807) is 12.1 Å². The van der Waals surface area contributed by atoms with Crippen LogP contribution >= 0.6 is 0 Å². The summed E-state index contributed by atoms with van der Waals surface area (Å²) in [4.78, 5) is 151. The first-order chi connectivity index (χ1) is 32.0. The van der Waals surface area contributed by atoms with E-state index in [9.17, 15) is 83.1 Å². The minimum absolute atomic E-state index is 0.0379. The topological polar surface area (TPSA) is 477 Å². The highest BCUT2D eigenvalue weighted by atomic mass is 16.4. The van der Waals surface area contributed by atoms with Gasteiger partial charge < -0.3 is 78.9 Å². The van der Waals surface area contributed by atoms with E-state index in [1.807, 2.05) is 5.32 Å². The highest BCUT2D eigenvalue weighted by Gasteiger charge is 2.29. The fourth-order valence-corrected chi connectivity index (χ4v) is 6.30. The average Bonchev–Trinajstić information content (AvgIpc) is 3.26. The van der Waals surface area contributed by atoms with Gasteiger partial charge in [-0.25, -0.2) is 24.0 Å². The molecule has 6 atom stereocenters. The Labute approximate surface area is 383 Å². The molecule has 3 rings (SSSR count). The summed E-state index contributed by atoms with van der Waals surface area (Å²) in [5.74, 6) is -13.6. The summed E-state index contributed by atoms with van der Waals surface area (Å²) < 4.78 is 0. The Morgan fingerprint density at radius 3 is 1.35 bits per heavy atom. The molecule has 2 heterocycles. The van der Waals surface area contributed by atoms with Gasteiger partial charge in [0.05, 0.1) is 6.04 Å². The Kier molecular flexibility index (Phi) is 20.4. The van der Waals surface area contributed by atoms with Crippen molar-refractivity contribution in [3.63, 3.8) is 0 Å². The maximum absolute atomic E-state index is 12.9. The lowest BCUT2D eigenvalue weighted by Gasteiger charge is -2.27.